The summed E-state index contributed by atoms with van der Waals surface area (Å²) in [5, 5.41) is 13.6. The molecule has 0 spiro atoms. The van der Waals surface area contributed by atoms with Crippen molar-refractivity contribution in [2.24, 2.45) is 0 Å². The molecule has 0 amide bonds. The highest BCUT2D eigenvalue weighted by Gasteiger charge is 2.13. The summed E-state index contributed by atoms with van der Waals surface area (Å²) in [6.45, 7) is -0.127. The van der Waals surface area contributed by atoms with Crippen molar-refractivity contribution in [1.82, 2.24) is 0 Å². The van der Waals surface area contributed by atoms with Gasteiger partial charge in [-0.25, -0.2) is 4.39 Å². The second kappa shape index (κ2) is 6.17. The number of hydrogen-bond acceptors (Lipinski definition) is 4. The van der Waals surface area contributed by atoms with Gasteiger partial charge in [-0.15, -0.1) is 0 Å². The number of hydrogen-bond donors (Lipinski definition) is 1. The number of nitrogens with zero attached hydrogens (tertiary/aromatic N) is 1. The molecule has 2 rings (SSSR count). The predicted octanol–water partition coefficient (Wildman–Crippen LogP) is 3.49. The van der Waals surface area contributed by atoms with Crippen LogP contribution in [0.25, 0.3) is 0 Å². The van der Waals surface area contributed by atoms with E-state index < -0.39 is 16.6 Å². The smallest absolute Gasteiger partial charge is 0.269 e. The molecule has 0 aliphatic heterocycles. The molecule has 2 aromatic carbocycles. The molecule has 0 aliphatic rings. The molecule has 0 fully saturated rings. The van der Waals surface area contributed by atoms with Crippen LogP contribution in [0.4, 0.5) is 20.2 Å². The van der Waals surface area contributed by atoms with Gasteiger partial charge in [-0.05, 0) is 18.2 Å². The fourth-order valence-electron chi connectivity index (χ4n) is 1.81. The molecule has 1 N–H and O–H groups in total. The zero-order valence-corrected chi connectivity index (χ0v) is 11.1. The maximum Gasteiger partial charge on any atom is 0.269 e. The molecular weight excluding hydrogens is 282 g/mol. The van der Waals surface area contributed by atoms with E-state index in [9.17, 15) is 18.9 Å². The molecule has 0 saturated carbocycles. The van der Waals surface area contributed by atoms with E-state index in [4.69, 9.17) is 4.74 Å². The molecule has 5 nitrogen and oxygen atoms in total. The summed E-state index contributed by atoms with van der Waals surface area (Å²) in [5.41, 5.74) is 0.972. The predicted molar refractivity (Wildman–Crippen MR) is 73.3 cm³/mol. The van der Waals surface area contributed by atoms with Gasteiger partial charge in [-0.2, -0.15) is 4.39 Å². The van der Waals surface area contributed by atoms with Gasteiger partial charge in [-0.1, -0.05) is 6.07 Å². The van der Waals surface area contributed by atoms with Gasteiger partial charge in [0, 0.05) is 30.4 Å². The van der Waals surface area contributed by atoms with Crippen molar-refractivity contribution in [3.8, 4) is 5.75 Å². The number of nitro groups is 1. The van der Waals surface area contributed by atoms with Crippen LogP contribution in [0.15, 0.2) is 36.4 Å². The Hall–Kier alpha value is -2.70. The first kappa shape index (κ1) is 14.7. The first-order valence-corrected chi connectivity index (χ1v) is 6.05. The van der Waals surface area contributed by atoms with Crippen LogP contribution in [-0.4, -0.2) is 12.0 Å². The lowest BCUT2D eigenvalue weighted by molar-refractivity contribution is -0.384. The molecule has 110 valence electrons. The van der Waals surface area contributed by atoms with Gasteiger partial charge in [0.15, 0.2) is 11.6 Å². The molecule has 0 bridgehead atoms. The first-order chi connectivity index (χ1) is 10.0. The molecule has 21 heavy (non-hydrogen) atoms. The first-order valence-electron chi connectivity index (χ1n) is 6.05. The Kier molecular flexibility index (Phi) is 4.32. The molecule has 0 radical (unpaired) electrons. The number of anilines is 1. The number of rotatable bonds is 5. The van der Waals surface area contributed by atoms with Crippen molar-refractivity contribution in [2.75, 3.05) is 12.4 Å². The summed E-state index contributed by atoms with van der Waals surface area (Å²) in [6.07, 6.45) is 0. The number of benzene rings is 2. The third kappa shape index (κ3) is 3.25. The van der Waals surface area contributed by atoms with Gasteiger partial charge in [0.25, 0.3) is 5.69 Å². The average molecular weight is 294 g/mol. The normalized spacial score (nSPS) is 10.2. The molecule has 0 heterocycles. The van der Waals surface area contributed by atoms with Crippen molar-refractivity contribution < 1.29 is 18.4 Å². The van der Waals surface area contributed by atoms with Crippen molar-refractivity contribution in [3.05, 3.63) is 63.7 Å². The summed E-state index contributed by atoms with van der Waals surface area (Å²) in [4.78, 5) is 10.2. The van der Waals surface area contributed by atoms with E-state index in [0.717, 1.165) is 6.07 Å². The van der Waals surface area contributed by atoms with Crippen LogP contribution < -0.4 is 10.1 Å². The van der Waals surface area contributed by atoms with E-state index in [1.807, 2.05) is 0 Å². The van der Waals surface area contributed by atoms with Gasteiger partial charge in [0.1, 0.15) is 6.61 Å². The van der Waals surface area contributed by atoms with Crippen LogP contribution in [0.3, 0.4) is 0 Å². The van der Waals surface area contributed by atoms with Crippen molar-refractivity contribution in [3.63, 3.8) is 0 Å². The maximum absolute atomic E-state index is 13.5. The number of nitrogens with one attached hydrogen (secondary N) is 1. The third-order valence-electron chi connectivity index (χ3n) is 2.87. The second-order valence-corrected chi connectivity index (χ2v) is 4.19. The lowest BCUT2D eigenvalue weighted by Crippen LogP contribution is -2.03. The van der Waals surface area contributed by atoms with Crippen molar-refractivity contribution >= 4 is 11.4 Å². The average Bonchev–Trinajstić information content (AvgIpc) is 2.48. The van der Waals surface area contributed by atoms with Gasteiger partial charge < -0.3 is 10.1 Å². The molecule has 0 aromatic heterocycles. The minimum absolute atomic E-state index is 0.104. The standard InChI is InChI=1S/C14H12F2N2O3/c1-17-12-6-5-10(18(19)20)7-9(12)8-21-13-4-2-3-11(15)14(13)16/h2-7,17H,8H2,1H3. The van der Waals surface area contributed by atoms with Crippen molar-refractivity contribution in [1.29, 1.82) is 0 Å². The Balaban J connectivity index is 2.24. The van der Waals surface area contributed by atoms with Gasteiger partial charge in [0.2, 0.25) is 5.82 Å². The second-order valence-electron chi connectivity index (χ2n) is 4.19. The minimum atomic E-state index is -1.09. The molecule has 7 heteroatoms. The Morgan fingerprint density at radius 2 is 2.05 bits per heavy atom. The molecule has 2 aromatic rings. The van der Waals surface area contributed by atoms with Crippen molar-refractivity contribution in [2.45, 2.75) is 6.61 Å². The van der Waals surface area contributed by atoms with E-state index in [1.165, 1.54) is 30.3 Å². The van der Waals surface area contributed by atoms with Crippen LogP contribution in [-0.2, 0) is 6.61 Å². The van der Waals surface area contributed by atoms with Crippen LogP contribution in [0.5, 0.6) is 5.75 Å². The lowest BCUT2D eigenvalue weighted by Gasteiger charge is -2.11. The highest BCUT2D eigenvalue weighted by Crippen LogP contribution is 2.25. The molecule has 0 aliphatic carbocycles. The van der Waals surface area contributed by atoms with Gasteiger partial charge >= 0.3 is 0 Å². The maximum atomic E-state index is 13.5. The fourth-order valence-corrected chi connectivity index (χ4v) is 1.81. The zero-order valence-electron chi connectivity index (χ0n) is 11.1. The fraction of sp³-hybridized carbons (Fsp3) is 0.143. The summed E-state index contributed by atoms with van der Waals surface area (Å²) in [6, 6.07) is 7.78. The van der Waals surface area contributed by atoms with Crippen LogP contribution in [0, 0.1) is 21.7 Å². The minimum Gasteiger partial charge on any atom is -0.486 e. The van der Waals surface area contributed by atoms with Crippen LogP contribution in [0.2, 0.25) is 0 Å². The SMILES string of the molecule is CNc1ccc([N+](=O)[O-])cc1COc1cccc(F)c1F. The van der Waals surface area contributed by atoms with Crippen LogP contribution in [0.1, 0.15) is 5.56 Å². The summed E-state index contributed by atoms with van der Waals surface area (Å²) >= 11 is 0. The third-order valence-corrected chi connectivity index (χ3v) is 2.87. The summed E-state index contributed by atoms with van der Waals surface area (Å²) < 4.78 is 31.7. The summed E-state index contributed by atoms with van der Waals surface area (Å²) in [5.74, 6) is -2.35. The molecule has 0 unspecified atom stereocenters. The Labute approximate surface area is 119 Å². The van der Waals surface area contributed by atoms with Gasteiger partial charge in [-0.3, -0.25) is 10.1 Å². The van der Waals surface area contributed by atoms with E-state index >= 15 is 0 Å². The Morgan fingerprint density at radius 1 is 1.29 bits per heavy atom. The number of halogens is 2. The topological polar surface area (TPSA) is 64.4 Å². The van der Waals surface area contributed by atoms with E-state index in [1.54, 1.807) is 7.05 Å². The lowest BCUT2D eigenvalue weighted by atomic mass is 10.1. The molecule has 0 atom stereocenters. The van der Waals surface area contributed by atoms with E-state index in [-0.39, 0.29) is 18.0 Å². The Bertz CT molecular complexity index is 677. The highest BCUT2D eigenvalue weighted by molar-refractivity contribution is 5.55. The molecular formula is C14H12F2N2O3. The quantitative estimate of drug-likeness (QED) is 0.677. The van der Waals surface area contributed by atoms with E-state index in [2.05, 4.69) is 5.32 Å². The highest BCUT2D eigenvalue weighted by atomic mass is 19.2. The number of nitro benzene ring substituents is 1. The largest absolute Gasteiger partial charge is 0.486 e. The zero-order chi connectivity index (χ0) is 15.4. The Morgan fingerprint density at radius 3 is 2.71 bits per heavy atom. The summed E-state index contributed by atoms with van der Waals surface area (Å²) in [7, 11) is 1.65. The number of ether oxygens (including phenoxy) is 1. The monoisotopic (exact) mass is 294 g/mol. The molecule has 0 saturated heterocycles. The van der Waals surface area contributed by atoms with Gasteiger partial charge in [0.05, 0.1) is 4.92 Å². The van der Waals surface area contributed by atoms with E-state index in [0.29, 0.717) is 11.3 Å². The van der Waals surface area contributed by atoms with Crippen LogP contribution >= 0.6 is 0 Å². The number of non-ortho nitro benzene ring substituents is 1.